The number of nitrogens with one attached hydrogen (secondary N) is 3. The summed E-state index contributed by atoms with van der Waals surface area (Å²) < 4.78 is 0. The second-order valence-corrected chi connectivity index (χ2v) is 16.2. The SMILES string of the molecule is CC(C)=CCC/C(C)=C/CC/C(C)=C/CC/C=C(\C)CC/C=C(\C)CCC=C(C)C.Nc1nc2ncc(CNc3ccc(C(=O)NC(CCC(=O)O)C(=O)O)cc3)nc2c(=O)[nH]1. The van der Waals surface area contributed by atoms with Crippen molar-refractivity contribution in [3.05, 3.63) is 122 Å². The molecule has 0 radical (unpaired) electrons. The van der Waals surface area contributed by atoms with E-state index < -0.39 is 29.4 Å². The Balaban J connectivity index is 0.000000428. The number of hydrogen-bond acceptors (Lipinski definition) is 9. The number of allylic oxidation sites excluding steroid dienone is 12. The standard InChI is InChI=1S/C30H50.C19H19N7O6/c1-25(2)15-11-19-29(7)23-13-21-27(5)17-9-10-18-28(6)22-14-24-30(8)20-12-16-26(3)4;20-19-25-15-14(17(30)26-19)23-11(8-22-15)7-21-10-3-1-9(2-4-10)16(29)24-12(18(31)32)5-6-13(27)28/h15-18,23-24H,9-14,19-22H2,1-8H3;1-4,8,12,21H,5-7H2,(H,24,29)(H,27,28)(H,31,32)(H3,20,22,25,26,30)/b27-17+,28-18+,29-23+,30-24+;. The van der Waals surface area contributed by atoms with Gasteiger partial charge in [-0.25, -0.2) is 14.8 Å². The normalized spacial score (nSPS) is 12.5. The van der Waals surface area contributed by atoms with E-state index in [1.807, 2.05) is 0 Å². The minimum atomic E-state index is -1.31. The van der Waals surface area contributed by atoms with E-state index >= 15 is 0 Å². The average molecular weight is 852 g/mol. The highest BCUT2D eigenvalue weighted by molar-refractivity contribution is 5.97. The Morgan fingerprint density at radius 2 is 1.18 bits per heavy atom. The fourth-order valence-electron chi connectivity index (χ4n) is 6.09. The highest BCUT2D eigenvalue weighted by Gasteiger charge is 2.21. The number of amides is 1. The molecule has 0 saturated heterocycles. The monoisotopic (exact) mass is 852 g/mol. The van der Waals surface area contributed by atoms with Gasteiger partial charge in [0, 0.05) is 17.7 Å². The van der Waals surface area contributed by atoms with Gasteiger partial charge < -0.3 is 26.6 Å². The Morgan fingerprint density at radius 3 is 1.65 bits per heavy atom. The van der Waals surface area contributed by atoms with E-state index in [9.17, 15) is 19.2 Å². The molecule has 2 heterocycles. The molecule has 1 unspecified atom stereocenters. The first-order chi connectivity index (χ1) is 29.4. The number of carbonyl (C=O) groups excluding carboxylic acids is 1. The molecule has 1 atom stereocenters. The van der Waals surface area contributed by atoms with Gasteiger partial charge in [-0.15, -0.1) is 0 Å². The molecule has 0 aliphatic carbocycles. The van der Waals surface area contributed by atoms with E-state index in [2.05, 4.69) is 122 Å². The van der Waals surface area contributed by atoms with Crippen molar-refractivity contribution in [3.8, 4) is 0 Å². The van der Waals surface area contributed by atoms with E-state index in [4.69, 9.17) is 15.9 Å². The predicted molar refractivity (Wildman–Crippen MR) is 252 cm³/mol. The number of fused-ring (bicyclic) bond motifs is 1. The third-order valence-electron chi connectivity index (χ3n) is 9.75. The molecular formula is C49H69N7O6. The number of nitrogen functional groups attached to an aromatic ring is 1. The molecule has 13 heteroatoms. The van der Waals surface area contributed by atoms with Gasteiger partial charge in [0.25, 0.3) is 11.5 Å². The third kappa shape index (κ3) is 22.5. The zero-order chi connectivity index (χ0) is 46.0. The Labute approximate surface area is 367 Å². The van der Waals surface area contributed by atoms with Crippen LogP contribution in [0, 0.1) is 0 Å². The van der Waals surface area contributed by atoms with Crippen molar-refractivity contribution in [1.82, 2.24) is 25.3 Å². The summed E-state index contributed by atoms with van der Waals surface area (Å²) in [5, 5.41) is 23.2. The smallest absolute Gasteiger partial charge is 0.326 e. The van der Waals surface area contributed by atoms with Crippen molar-refractivity contribution in [1.29, 1.82) is 0 Å². The summed E-state index contributed by atoms with van der Waals surface area (Å²) in [6.07, 6.45) is 27.1. The Hall–Kier alpha value is -6.11. The molecule has 1 aromatic carbocycles. The van der Waals surface area contributed by atoms with Gasteiger partial charge in [-0.2, -0.15) is 4.98 Å². The average Bonchev–Trinajstić information content (AvgIpc) is 3.20. The molecule has 336 valence electrons. The van der Waals surface area contributed by atoms with Gasteiger partial charge in [0.05, 0.1) is 18.4 Å². The molecule has 3 rings (SSSR count). The van der Waals surface area contributed by atoms with Crippen molar-refractivity contribution in [2.24, 2.45) is 0 Å². The first-order valence-electron chi connectivity index (χ1n) is 21.4. The second kappa shape index (κ2) is 28.4. The highest BCUT2D eigenvalue weighted by atomic mass is 16.4. The third-order valence-corrected chi connectivity index (χ3v) is 9.75. The zero-order valence-electron chi connectivity index (χ0n) is 38.1. The molecule has 13 nitrogen and oxygen atoms in total. The van der Waals surface area contributed by atoms with E-state index in [0.717, 1.165) is 0 Å². The van der Waals surface area contributed by atoms with Crippen LogP contribution in [0.2, 0.25) is 0 Å². The van der Waals surface area contributed by atoms with Crippen LogP contribution in [0.1, 0.15) is 148 Å². The Kier molecular flexibility index (Phi) is 23.9. The number of aliphatic carboxylic acids is 2. The van der Waals surface area contributed by atoms with E-state index in [1.54, 1.807) is 12.1 Å². The summed E-state index contributed by atoms with van der Waals surface area (Å²) in [5.74, 6) is -3.16. The number of aromatic nitrogens is 4. The van der Waals surface area contributed by atoms with Crippen LogP contribution in [0.3, 0.4) is 0 Å². The number of H-pyrrole nitrogens is 1. The first-order valence-corrected chi connectivity index (χ1v) is 21.4. The van der Waals surface area contributed by atoms with Crippen LogP contribution in [0.4, 0.5) is 11.6 Å². The van der Waals surface area contributed by atoms with Crippen LogP contribution in [0.5, 0.6) is 0 Å². The number of carbonyl (C=O) groups is 3. The van der Waals surface area contributed by atoms with E-state index in [-0.39, 0.29) is 42.1 Å². The highest BCUT2D eigenvalue weighted by Crippen LogP contribution is 2.16. The number of nitrogens with two attached hydrogens (primary N) is 1. The lowest BCUT2D eigenvalue weighted by Gasteiger charge is -2.14. The quantitative estimate of drug-likeness (QED) is 0.0368. The van der Waals surface area contributed by atoms with Gasteiger partial charge in [-0.1, -0.05) is 69.9 Å². The molecule has 0 aliphatic heterocycles. The number of aromatic amines is 1. The molecule has 2 aromatic heterocycles. The molecule has 0 bridgehead atoms. The minimum Gasteiger partial charge on any atom is -0.481 e. The van der Waals surface area contributed by atoms with Gasteiger partial charge in [0.15, 0.2) is 11.2 Å². The lowest BCUT2D eigenvalue weighted by Crippen LogP contribution is -2.41. The largest absolute Gasteiger partial charge is 0.481 e. The molecule has 0 fully saturated rings. The van der Waals surface area contributed by atoms with Gasteiger partial charge in [-0.3, -0.25) is 19.4 Å². The molecule has 1 amide bonds. The molecule has 0 spiro atoms. The lowest BCUT2D eigenvalue weighted by molar-refractivity contribution is -0.140. The summed E-state index contributed by atoms with van der Waals surface area (Å²) in [6, 6.07) is 4.86. The summed E-state index contributed by atoms with van der Waals surface area (Å²) in [6.45, 7) is 18.0. The van der Waals surface area contributed by atoms with Crippen LogP contribution in [0.25, 0.3) is 11.2 Å². The fraction of sp³-hybridized carbons (Fsp3) is 0.449. The van der Waals surface area contributed by atoms with Crippen LogP contribution in [-0.2, 0) is 16.1 Å². The maximum atomic E-state index is 12.3. The number of benzene rings is 1. The molecule has 0 saturated carbocycles. The van der Waals surface area contributed by atoms with Crippen molar-refractivity contribution in [3.63, 3.8) is 0 Å². The number of unbranched alkanes of at least 4 members (excludes halogenated alkanes) is 1. The number of rotatable bonds is 24. The van der Waals surface area contributed by atoms with E-state index in [0.29, 0.717) is 11.4 Å². The Morgan fingerprint density at radius 1 is 0.694 bits per heavy atom. The van der Waals surface area contributed by atoms with Crippen molar-refractivity contribution in [2.75, 3.05) is 11.1 Å². The van der Waals surface area contributed by atoms with Crippen LogP contribution >= 0.6 is 0 Å². The summed E-state index contributed by atoms with van der Waals surface area (Å²) in [4.78, 5) is 60.6. The Bertz CT molecular complexity index is 2110. The maximum absolute atomic E-state index is 12.3. The van der Waals surface area contributed by atoms with Gasteiger partial charge in [0.2, 0.25) is 5.95 Å². The molecule has 62 heavy (non-hydrogen) atoms. The summed E-state index contributed by atoms with van der Waals surface area (Å²) in [5.41, 5.74) is 15.4. The number of nitrogens with zero attached hydrogens (tertiary/aromatic N) is 3. The van der Waals surface area contributed by atoms with Crippen molar-refractivity contribution >= 4 is 40.6 Å². The van der Waals surface area contributed by atoms with Crippen molar-refractivity contribution < 1.29 is 24.6 Å². The van der Waals surface area contributed by atoms with Gasteiger partial charge in [-0.05, 0) is 150 Å². The number of carboxylic acids is 2. The van der Waals surface area contributed by atoms with Crippen molar-refractivity contribution in [2.45, 2.75) is 145 Å². The maximum Gasteiger partial charge on any atom is 0.326 e. The summed E-state index contributed by atoms with van der Waals surface area (Å²) >= 11 is 0. The zero-order valence-corrected chi connectivity index (χ0v) is 38.1. The van der Waals surface area contributed by atoms with Crippen LogP contribution in [0.15, 0.2) is 105 Å². The number of carboxylic acid groups (broad SMARTS) is 2. The molecule has 3 aromatic rings. The predicted octanol–water partition coefficient (Wildman–Crippen LogP) is 10.6. The van der Waals surface area contributed by atoms with Crippen LogP contribution < -0.4 is 21.9 Å². The summed E-state index contributed by atoms with van der Waals surface area (Å²) in [7, 11) is 0. The van der Waals surface area contributed by atoms with E-state index in [1.165, 1.54) is 116 Å². The van der Waals surface area contributed by atoms with Gasteiger partial charge >= 0.3 is 11.9 Å². The first kappa shape index (κ1) is 52.0. The second-order valence-electron chi connectivity index (χ2n) is 16.2. The van der Waals surface area contributed by atoms with Crippen LogP contribution in [-0.4, -0.2) is 54.0 Å². The number of anilines is 2. The van der Waals surface area contributed by atoms with Gasteiger partial charge in [0.1, 0.15) is 6.04 Å². The molecule has 7 N–H and O–H groups in total. The fourth-order valence-corrected chi connectivity index (χ4v) is 6.09. The molecular weight excluding hydrogens is 783 g/mol. The lowest BCUT2D eigenvalue weighted by atomic mass is 10.0. The minimum absolute atomic E-state index is 0.0524. The topological polar surface area (TPSA) is 213 Å². The number of hydrogen-bond donors (Lipinski definition) is 6. The molecule has 0 aliphatic rings.